The molecule has 20 heavy (non-hydrogen) atoms. The van der Waals surface area contributed by atoms with Crippen LogP contribution in [0.3, 0.4) is 0 Å². The lowest BCUT2D eigenvalue weighted by Gasteiger charge is -2.14. The highest BCUT2D eigenvalue weighted by Crippen LogP contribution is 2.28. The smallest absolute Gasteiger partial charge is 0.466 e. The molecule has 0 bridgehead atoms. The van der Waals surface area contributed by atoms with Gasteiger partial charge in [0.15, 0.2) is 0 Å². The van der Waals surface area contributed by atoms with Crippen LogP contribution in [-0.2, 0) is 21.3 Å². The summed E-state index contributed by atoms with van der Waals surface area (Å²) >= 11 is 2.99. The molecule has 1 N–H and O–H groups in total. The summed E-state index contributed by atoms with van der Waals surface area (Å²) in [7, 11) is 0. The lowest BCUT2D eigenvalue weighted by molar-refractivity contribution is -0.275. The van der Waals surface area contributed by atoms with Gasteiger partial charge in [0, 0.05) is 22.7 Å². The Balaban J connectivity index is 3.23. The highest BCUT2D eigenvalue weighted by molar-refractivity contribution is 9.08. The zero-order valence-electron chi connectivity index (χ0n) is 10.3. The van der Waals surface area contributed by atoms with Gasteiger partial charge in [0.1, 0.15) is 5.75 Å². The van der Waals surface area contributed by atoms with Crippen molar-refractivity contribution < 1.29 is 27.4 Å². The molecule has 0 aliphatic rings. The van der Waals surface area contributed by atoms with Crippen LogP contribution < -0.4 is 10.3 Å². The predicted octanol–water partition coefficient (Wildman–Crippen LogP) is 2.27. The lowest BCUT2D eigenvalue weighted by Crippen LogP contribution is -2.23. The van der Waals surface area contributed by atoms with Gasteiger partial charge in [-0.05, 0) is 6.92 Å². The third-order valence-corrected chi connectivity index (χ3v) is 2.82. The lowest BCUT2D eigenvalue weighted by atomic mass is 10.1. The molecule has 0 aliphatic heterocycles. The van der Waals surface area contributed by atoms with Gasteiger partial charge < -0.3 is 14.5 Å². The zero-order valence-corrected chi connectivity index (χ0v) is 11.9. The first kappa shape index (κ1) is 16.5. The second-order valence-corrected chi connectivity index (χ2v) is 4.16. The fraction of sp³-hybridized carbons (Fsp3) is 0.455. The van der Waals surface area contributed by atoms with E-state index in [1.54, 1.807) is 6.92 Å². The Morgan fingerprint density at radius 3 is 2.55 bits per heavy atom. The number of esters is 1. The standard InChI is InChI=1S/C11H11BrF3NO4/c1-2-19-9(17)3-6-7(4-12)10(18)16-5-8(6)20-11(13,14)15/h5H,2-4H2,1H3,(H,16,18). The van der Waals surface area contributed by atoms with Crippen molar-refractivity contribution in [3.63, 3.8) is 0 Å². The minimum Gasteiger partial charge on any atom is -0.466 e. The Morgan fingerprint density at radius 1 is 1.40 bits per heavy atom. The van der Waals surface area contributed by atoms with Crippen molar-refractivity contribution in [2.45, 2.75) is 25.0 Å². The number of hydrogen-bond acceptors (Lipinski definition) is 4. The molecule has 0 unspecified atom stereocenters. The maximum Gasteiger partial charge on any atom is 0.573 e. The van der Waals surface area contributed by atoms with Crippen molar-refractivity contribution in [3.8, 4) is 5.75 Å². The molecule has 0 saturated carbocycles. The highest BCUT2D eigenvalue weighted by atomic mass is 79.9. The summed E-state index contributed by atoms with van der Waals surface area (Å²) in [5, 5.41) is -0.0217. The van der Waals surface area contributed by atoms with Crippen molar-refractivity contribution in [1.29, 1.82) is 0 Å². The molecule has 1 aromatic rings. The maximum atomic E-state index is 12.3. The third kappa shape index (κ3) is 4.55. The van der Waals surface area contributed by atoms with Gasteiger partial charge >= 0.3 is 12.3 Å². The number of carbonyl (C=O) groups excluding carboxylic acids is 1. The van der Waals surface area contributed by atoms with Crippen LogP contribution >= 0.6 is 15.9 Å². The Morgan fingerprint density at radius 2 is 2.05 bits per heavy atom. The molecule has 9 heteroatoms. The van der Waals surface area contributed by atoms with Crippen molar-refractivity contribution in [2.75, 3.05) is 6.61 Å². The van der Waals surface area contributed by atoms with Gasteiger partial charge in [0.05, 0.1) is 13.0 Å². The largest absolute Gasteiger partial charge is 0.573 e. The molecule has 0 radical (unpaired) electrons. The molecule has 0 saturated heterocycles. The monoisotopic (exact) mass is 357 g/mol. The summed E-state index contributed by atoms with van der Waals surface area (Å²) in [4.78, 5) is 25.1. The van der Waals surface area contributed by atoms with E-state index in [4.69, 9.17) is 0 Å². The van der Waals surface area contributed by atoms with Crippen LogP contribution in [0.2, 0.25) is 0 Å². The van der Waals surface area contributed by atoms with Gasteiger partial charge in [-0.1, -0.05) is 15.9 Å². The normalized spacial score (nSPS) is 11.2. The average molecular weight is 358 g/mol. The Labute approximate surface area is 120 Å². The number of aromatic nitrogens is 1. The SMILES string of the molecule is CCOC(=O)Cc1c(OC(F)(F)F)c[nH]c(=O)c1CBr. The fourth-order valence-electron chi connectivity index (χ4n) is 1.50. The topological polar surface area (TPSA) is 68.4 Å². The van der Waals surface area contributed by atoms with Crippen LogP contribution in [0.4, 0.5) is 13.2 Å². The van der Waals surface area contributed by atoms with E-state index < -0.39 is 30.1 Å². The molecule has 0 aliphatic carbocycles. The number of halogens is 4. The van der Waals surface area contributed by atoms with Crippen LogP contribution in [0.25, 0.3) is 0 Å². The van der Waals surface area contributed by atoms with Gasteiger partial charge in [-0.2, -0.15) is 0 Å². The summed E-state index contributed by atoms with van der Waals surface area (Å²) in [6.07, 6.45) is -4.63. The van der Waals surface area contributed by atoms with Crippen LogP contribution in [0.15, 0.2) is 11.0 Å². The van der Waals surface area contributed by atoms with Crippen LogP contribution in [0.5, 0.6) is 5.75 Å². The van der Waals surface area contributed by atoms with E-state index in [0.29, 0.717) is 0 Å². The molecular weight excluding hydrogens is 347 g/mol. The third-order valence-electron chi connectivity index (χ3n) is 2.26. The number of nitrogens with one attached hydrogen (secondary N) is 1. The summed E-state index contributed by atoms with van der Waals surface area (Å²) in [5.74, 6) is -1.37. The first-order valence-corrected chi connectivity index (χ1v) is 6.61. The number of pyridine rings is 1. The maximum absolute atomic E-state index is 12.3. The van der Waals surface area contributed by atoms with Crippen molar-refractivity contribution in [3.05, 3.63) is 27.7 Å². The predicted molar refractivity (Wildman–Crippen MR) is 66.7 cm³/mol. The summed E-state index contributed by atoms with van der Waals surface area (Å²) in [6, 6.07) is 0. The van der Waals surface area contributed by atoms with Crippen molar-refractivity contribution >= 4 is 21.9 Å². The molecule has 0 amide bonds. The average Bonchev–Trinajstić information content (AvgIpc) is 2.32. The van der Waals surface area contributed by atoms with E-state index in [-0.39, 0.29) is 23.1 Å². The number of H-pyrrole nitrogens is 1. The summed E-state index contributed by atoms with van der Waals surface area (Å²) in [6.45, 7) is 1.65. The van der Waals surface area contributed by atoms with Crippen molar-refractivity contribution in [1.82, 2.24) is 4.98 Å². The molecule has 0 atom stereocenters. The Hall–Kier alpha value is -1.51. The number of ether oxygens (including phenoxy) is 2. The Bertz CT molecular complexity index is 541. The second-order valence-electron chi connectivity index (χ2n) is 3.60. The minimum absolute atomic E-state index is 0.0141. The van der Waals surface area contributed by atoms with E-state index in [9.17, 15) is 22.8 Å². The number of aromatic amines is 1. The second kappa shape index (κ2) is 6.78. The zero-order chi connectivity index (χ0) is 15.3. The fourth-order valence-corrected chi connectivity index (χ4v) is 2.09. The Kier molecular flexibility index (Phi) is 5.61. The first-order valence-electron chi connectivity index (χ1n) is 5.49. The molecule has 5 nitrogen and oxygen atoms in total. The van der Waals surface area contributed by atoms with Gasteiger partial charge in [-0.3, -0.25) is 9.59 Å². The molecule has 112 valence electrons. The van der Waals surface area contributed by atoms with Crippen LogP contribution in [-0.4, -0.2) is 23.9 Å². The molecule has 1 heterocycles. The van der Waals surface area contributed by atoms with Gasteiger partial charge in [-0.15, -0.1) is 13.2 Å². The molecular formula is C11H11BrF3NO4. The van der Waals surface area contributed by atoms with E-state index in [2.05, 4.69) is 30.4 Å². The van der Waals surface area contributed by atoms with E-state index in [0.717, 1.165) is 6.20 Å². The van der Waals surface area contributed by atoms with E-state index in [1.807, 2.05) is 0 Å². The van der Waals surface area contributed by atoms with E-state index >= 15 is 0 Å². The van der Waals surface area contributed by atoms with Crippen LogP contribution in [0, 0.1) is 0 Å². The molecule has 1 rings (SSSR count). The minimum atomic E-state index is -4.93. The van der Waals surface area contributed by atoms with Crippen molar-refractivity contribution in [2.24, 2.45) is 0 Å². The summed E-state index contributed by atoms with van der Waals surface area (Å²) in [5.41, 5.74) is -0.767. The molecule has 1 aromatic heterocycles. The van der Waals surface area contributed by atoms with Crippen LogP contribution in [0.1, 0.15) is 18.1 Å². The molecule has 0 fully saturated rings. The number of hydrogen-bond donors (Lipinski definition) is 1. The number of alkyl halides is 4. The first-order chi connectivity index (χ1) is 9.28. The van der Waals surface area contributed by atoms with Gasteiger partial charge in [-0.25, -0.2) is 0 Å². The quantitative estimate of drug-likeness (QED) is 0.648. The molecule has 0 spiro atoms. The van der Waals surface area contributed by atoms with Gasteiger partial charge in [0.25, 0.3) is 5.56 Å². The highest BCUT2D eigenvalue weighted by Gasteiger charge is 2.33. The van der Waals surface area contributed by atoms with Gasteiger partial charge in [0.2, 0.25) is 0 Å². The summed E-state index contributed by atoms with van der Waals surface area (Å²) < 4.78 is 45.4. The molecule has 0 aromatic carbocycles. The number of rotatable bonds is 5. The van der Waals surface area contributed by atoms with E-state index in [1.165, 1.54) is 0 Å². The number of carbonyl (C=O) groups is 1.